The minimum absolute atomic E-state index is 0.0140. The van der Waals surface area contributed by atoms with E-state index in [1.165, 1.54) is 27.8 Å². The Kier molecular flexibility index (Phi) is 7.33. The van der Waals surface area contributed by atoms with Gasteiger partial charge in [0.15, 0.2) is 0 Å². The number of aromatic hydroxyl groups is 1. The molecule has 3 aromatic carbocycles. The maximum absolute atomic E-state index is 11.4. The van der Waals surface area contributed by atoms with Crippen molar-refractivity contribution in [3.05, 3.63) is 88.5 Å². The quantitative estimate of drug-likeness (QED) is 0.266. The van der Waals surface area contributed by atoms with Crippen LogP contribution in [-0.4, -0.2) is 5.11 Å². The topological polar surface area (TPSA) is 20.2 Å². The van der Waals surface area contributed by atoms with Crippen molar-refractivity contribution in [2.75, 3.05) is 0 Å². The van der Waals surface area contributed by atoms with E-state index in [-0.39, 0.29) is 16.7 Å². The van der Waals surface area contributed by atoms with Crippen LogP contribution in [0.2, 0.25) is 0 Å². The van der Waals surface area contributed by atoms with Crippen LogP contribution >= 0.6 is 18.6 Å². The SMILES string of the molecule is CC(C)(C)c1cc(C2c3ccccc3-c3ccccc32)c(O)c(C(C)(C)C)c1.[Cl][Ti][Cl]. The molecular weight excluding hydrogens is 459 g/mol. The number of benzene rings is 3. The molecule has 0 radical (unpaired) electrons. The summed E-state index contributed by atoms with van der Waals surface area (Å²) in [6.07, 6.45) is 0. The first-order chi connectivity index (χ1) is 14.5. The molecule has 0 saturated heterocycles. The number of halogens is 2. The normalized spacial score (nSPS) is 13.2. The van der Waals surface area contributed by atoms with E-state index in [9.17, 15) is 5.11 Å². The fourth-order valence-corrected chi connectivity index (χ4v) is 4.37. The summed E-state index contributed by atoms with van der Waals surface area (Å²) in [4.78, 5) is 0. The molecule has 4 rings (SSSR count). The molecule has 0 aromatic heterocycles. The van der Waals surface area contributed by atoms with Crippen LogP contribution in [0.25, 0.3) is 11.1 Å². The number of phenolic OH excluding ortho intramolecular Hbond substituents is 1. The molecule has 162 valence electrons. The summed E-state index contributed by atoms with van der Waals surface area (Å²) in [5, 5.41) is 11.4. The molecule has 0 atom stereocenters. The van der Waals surface area contributed by atoms with E-state index in [1.54, 1.807) is 0 Å². The second kappa shape index (κ2) is 9.32. The monoisotopic (exact) mass is 488 g/mol. The Balaban J connectivity index is 0.000000858. The van der Waals surface area contributed by atoms with Crippen LogP contribution in [0, 0.1) is 0 Å². The van der Waals surface area contributed by atoms with Gasteiger partial charge in [0.1, 0.15) is 5.75 Å². The number of hydrogen-bond donors (Lipinski definition) is 1. The first-order valence-electron chi connectivity index (χ1n) is 10.5. The van der Waals surface area contributed by atoms with E-state index >= 15 is 0 Å². The molecule has 3 aromatic rings. The maximum atomic E-state index is 11.4. The standard InChI is InChI=1S/C27H30O.2ClH.Ti/c1-26(2,3)17-15-22(25(28)23(16-17)27(4,5)6)24-20-13-9-7-11-18(20)19-12-8-10-14-21(19)24;;;/h7-16,24,28H,1-6H3;2*1H;/q;;;+2/p-2. The molecule has 0 spiro atoms. The molecule has 4 heteroatoms. The first kappa shape index (κ1) is 24.4. The van der Waals surface area contributed by atoms with Gasteiger partial charge >= 0.3 is 35.6 Å². The van der Waals surface area contributed by atoms with Gasteiger partial charge in [-0.1, -0.05) is 102 Å². The number of rotatable bonds is 1. The van der Waals surface area contributed by atoms with E-state index in [0.29, 0.717) is 5.75 Å². The molecule has 1 aliphatic carbocycles. The Morgan fingerprint density at radius 2 is 1.16 bits per heavy atom. The van der Waals surface area contributed by atoms with Crippen molar-refractivity contribution >= 4 is 18.6 Å². The number of phenols is 1. The molecule has 0 aliphatic heterocycles. The van der Waals surface area contributed by atoms with Crippen molar-refractivity contribution < 1.29 is 22.1 Å². The molecule has 0 amide bonds. The number of fused-ring (bicyclic) bond motifs is 3. The van der Waals surface area contributed by atoms with E-state index in [4.69, 9.17) is 18.6 Å². The summed E-state index contributed by atoms with van der Waals surface area (Å²) in [6.45, 7) is 13.3. The van der Waals surface area contributed by atoms with Gasteiger partial charge in [0, 0.05) is 11.5 Å². The third-order valence-corrected chi connectivity index (χ3v) is 5.96. The van der Waals surface area contributed by atoms with E-state index in [1.807, 2.05) is 0 Å². The zero-order chi connectivity index (χ0) is 23.0. The van der Waals surface area contributed by atoms with Gasteiger partial charge in [-0.3, -0.25) is 0 Å². The predicted molar refractivity (Wildman–Crippen MR) is 130 cm³/mol. The van der Waals surface area contributed by atoms with Crippen molar-refractivity contribution in [2.45, 2.75) is 58.3 Å². The van der Waals surface area contributed by atoms with Crippen LogP contribution in [0.15, 0.2) is 60.7 Å². The molecule has 0 heterocycles. The Morgan fingerprint density at radius 3 is 1.58 bits per heavy atom. The average molecular weight is 489 g/mol. The summed E-state index contributed by atoms with van der Waals surface area (Å²) in [5.74, 6) is 0.507. The molecule has 31 heavy (non-hydrogen) atoms. The van der Waals surface area contributed by atoms with Crippen LogP contribution in [0.4, 0.5) is 0 Å². The molecule has 1 N–H and O–H groups in total. The third kappa shape index (κ3) is 4.91. The second-order valence-electron chi connectivity index (χ2n) is 10.1. The summed E-state index contributed by atoms with van der Waals surface area (Å²) in [6, 6.07) is 21.7. The summed E-state index contributed by atoms with van der Waals surface area (Å²) >= 11 is -0.556. The summed E-state index contributed by atoms with van der Waals surface area (Å²) in [5.41, 5.74) is 8.33. The Bertz CT molecular complexity index is 1030. The van der Waals surface area contributed by atoms with E-state index < -0.39 is 17.0 Å². The fraction of sp³-hybridized carbons (Fsp3) is 0.333. The zero-order valence-corrected chi connectivity index (χ0v) is 22.1. The molecule has 1 nitrogen and oxygen atoms in total. The molecule has 0 unspecified atom stereocenters. The van der Waals surface area contributed by atoms with Gasteiger partial charge in [0.25, 0.3) is 0 Å². The van der Waals surface area contributed by atoms with Crippen LogP contribution in [0.3, 0.4) is 0 Å². The molecule has 0 saturated carbocycles. The van der Waals surface area contributed by atoms with Crippen molar-refractivity contribution in [1.29, 1.82) is 0 Å². The van der Waals surface area contributed by atoms with Gasteiger partial charge < -0.3 is 5.11 Å². The summed E-state index contributed by atoms with van der Waals surface area (Å²) < 4.78 is 0. The van der Waals surface area contributed by atoms with Gasteiger partial charge in [-0.15, -0.1) is 0 Å². The van der Waals surface area contributed by atoms with E-state index in [2.05, 4.69) is 102 Å². The molecule has 0 fully saturated rings. The molecule has 0 bridgehead atoms. The number of hydrogen-bond acceptors (Lipinski definition) is 1. The summed E-state index contributed by atoms with van der Waals surface area (Å²) in [7, 11) is 9.78. The van der Waals surface area contributed by atoms with Crippen molar-refractivity contribution in [1.82, 2.24) is 0 Å². The van der Waals surface area contributed by atoms with Crippen LogP contribution < -0.4 is 0 Å². The zero-order valence-electron chi connectivity index (χ0n) is 19.1. The van der Waals surface area contributed by atoms with Crippen molar-refractivity contribution in [3.8, 4) is 16.9 Å². The van der Waals surface area contributed by atoms with Gasteiger partial charge in [-0.2, -0.15) is 0 Å². The first-order valence-corrected chi connectivity index (χ1v) is 14.8. The minimum atomic E-state index is -0.556. The van der Waals surface area contributed by atoms with Crippen LogP contribution in [-0.2, 0) is 27.9 Å². The van der Waals surface area contributed by atoms with Crippen LogP contribution in [0.1, 0.15) is 75.3 Å². The average Bonchev–Trinajstić information content (AvgIpc) is 3.01. The predicted octanol–water partition coefficient (Wildman–Crippen LogP) is 8.52. The van der Waals surface area contributed by atoms with Crippen molar-refractivity contribution in [3.63, 3.8) is 0 Å². The Labute approximate surface area is 203 Å². The Morgan fingerprint density at radius 1 is 0.710 bits per heavy atom. The van der Waals surface area contributed by atoms with E-state index in [0.717, 1.165) is 11.1 Å². The fourth-order valence-electron chi connectivity index (χ4n) is 4.37. The van der Waals surface area contributed by atoms with Crippen molar-refractivity contribution in [2.24, 2.45) is 0 Å². The van der Waals surface area contributed by atoms with Gasteiger partial charge in [0.2, 0.25) is 0 Å². The second-order valence-corrected chi connectivity index (χ2v) is 12.7. The molecule has 1 aliphatic rings. The molecular formula is C27H30Cl2OTi. The van der Waals surface area contributed by atoms with Crippen LogP contribution in [0.5, 0.6) is 5.75 Å². The van der Waals surface area contributed by atoms with Gasteiger partial charge in [-0.25, -0.2) is 0 Å². The third-order valence-electron chi connectivity index (χ3n) is 5.96. The van der Waals surface area contributed by atoms with Gasteiger partial charge in [-0.05, 0) is 44.2 Å². The van der Waals surface area contributed by atoms with Gasteiger partial charge in [0.05, 0.1) is 0 Å². The Hall–Kier alpha value is -1.25.